The van der Waals surface area contributed by atoms with Crippen LogP contribution in [0.5, 0.6) is 23.0 Å². The van der Waals surface area contributed by atoms with Gasteiger partial charge in [0.15, 0.2) is 17.3 Å². The van der Waals surface area contributed by atoms with E-state index in [2.05, 4.69) is 4.90 Å². The number of fused-ring (bicyclic) bond motifs is 3. The second kappa shape index (κ2) is 7.69. The van der Waals surface area contributed by atoms with E-state index in [0.717, 1.165) is 23.4 Å². The standard InChI is InChI=1S/C24H25NO5/c1-27-20-9-7-15(11-21(20)28-2)12-22-23(26)17-8-10-19-18(24(17)30-22)13-25(14-29-19)16-5-3-4-6-16/h7-12,16H,3-6,13-14H2,1-2H3/b22-12-. The first-order chi connectivity index (χ1) is 14.7. The van der Waals surface area contributed by atoms with Crippen molar-refractivity contribution in [2.24, 2.45) is 0 Å². The number of hydrogen-bond acceptors (Lipinski definition) is 6. The molecule has 2 aliphatic heterocycles. The van der Waals surface area contributed by atoms with Crippen LogP contribution in [0.4, 0.5) is 0 Å². The number of carbonyl (C=O) groups excluding carboxylic acids is 1. The highest BCUT2D eigenvalue weighted by Gasteiger charge is 2.35. The summed E-state index contributed by atoms with van der Waals surface area (Å²) in [5.74, 6) is 2.88. The van der Waals surface area contributed by atoms with Gasteiger partial charge in [0.2, 0.25) is 5.78 Å². The molecule has 30 heavy (non-hydrogen) atoms. The number of Topliss-reactive ketones (excluding diaryl/α,β-unsaturated/α-hetero) is 1. The summed E-state index contributed by atoms with van der Waals surface area (Å²) < 4.78 is 22.7. The summed E-state index contributed by atoms with van der Waals surface area (Å²) in [4.78, 5) is 15.4. The van der Waals surface area contributed by atoms with Crippen LogP contribution in [0.15, 0.2) is 36.1 Å². The Kier molecular flexibility index (Phi) is 4.87. The van der Waals surface area contributed by atoms with E-state index in [1.807, 2.05) is 24.3 Å². The molecule has 1 aliphatic carbocycles. The van der Waals surface area contributed by atoms with Gasteiger partial charge in [-0.25, -0.2) is 0 Å². The van der Waals surface area contributed by atoms with Crippen molar-refractivity contribution in [2.45, 2.75) is 38.3 Å². The number of rotatable bonds is 4. The molecule has 0 spiro atoms. The smallest absolute Gasteiger partial charge is 0.231 e. The van der Waals surface area contributed by atoms with Crippen LogP contribution in [0.25, 0.3) is 6.08 Å². The first-order valence-corrected chi connectivity index (χ1v) is 10.4. The Morgan fingerprint density at radius 2 is 1.87 bits per heavy atom. The van der Waals surface area contributed by atoms with E-state index in [1.165, 1.54) is 25.7 Å². The van der Waals surface area contributed by atoms with Crippen molar-refractivity contribution < 1.29 is 23.7 Å². The van der Waals surface area contributed by atoms with Crippen LogP contribution in [-0.4, -0.2) is 37.7 Å². The van der Waals surface area contributed by atoms with Gasteiger partial charge in [-0.1, -0.05) is 18.9 Å². The van der Waals surface area contributed by atoms with Gasteiger partial charge >= 0.3 is 0 Å². The average Bonchev–Trinajstić information content (AvgIpc) is 3.42. The predicted molar refractivity (Wildman–Crippen MR) is 112 cm³/mol. The lowest BCUT2D eigenvalue weighted by Gasteiger charge is -2.33. The molecule has 0 unspecified atom stereocenters. The second-order valence-corrected chi connectivity index (χ2v) is 7.93. The van der Waals surface area contributed by atoms with Crippen LogP contribution in [0, 0.1) is 0 Å². The molecule has 0 bridgehead atoms. The second-order valence-electron chi connectivity index (χ2n) is 7.93. The monoisotopic (exact) mass is 407 g/mol. The van der Waals surface area contributed by atoms with E-state index in [9.17, 15) is 4.79 Å². The third kappa shape index (κ3) is 3.21. The molecule has 0 amide bonds. The molecule has 0 saturated heterocycles. The quantitative estimate of drug-likeness (QED) is 0.700. The molecule has 1 saturated carbocycles. The average molecular weight is 407 g/mol. The number of hydrogen-bond donors (Lipinski definition) is 0. The van der Waals surface area contributed by atoms with Crippen molar-refractivity contribution in [3.63, 3.8) is 0 Å². The molecule has 2 aromatic carbocycles. The third-order valence-electron chi connectivity index (χ3n) is 6.19. The molecule has 2 heterocycles. The van der Waals surface area contributed by atoms with E-state index >= 15 is 0 Å². The molecule has 0 N–H and O–H groups in total. The zero-order valence-corrected chi connectivity index (χ0v) is 17.3. The van der Waals surface area contributed by atoms with Gasteiger partial charge in [0, 0.05) is 12.6 Å². The number of ketones is 1. The number of nitrogens with zero attached hydrogens (tertiary/aromatic N) is 1. The molecule has 156 valence electrons. The van der Waals surface area contributed by atoms with E-state index in [0.29, 0.717) is 41.3 Å². The predicted octanol–water partition coefficient (Wildman–Crippen LogP) is 4.41. The van der Waals surface area contributed by atoms with Crippen molar-refractivity contribution in [1.82, 2.24) is 4.90 Å². The highest BCUT2D eigenvalue weighted by molar-refractivity contribution is 6.15. The van der Waals surface area contributed by atoms with Gasteiger partial charge in [0.1, 0.15) is 18.2 Å². The van der Waals surface area contributed by atoms with Crippen LogP contribution < -0.4 is 18.9 Å². The molecular weight excluding hydrogens is 382 g/mol. The molecule has 2 aromatic rings. The normalized spacial score (nSPS) is 19.9. The van der Waals surface area contributed by atoms with Crippen molar-refractivity contribution in [2.75, 3.05) is 21.0 Å². The highest BCUT2D eigenvalue weighted by Crippen LogP contribution is 2.43. The Morgan fingerprint density at radius 1 is 1.07 bits per heavy atom. The van der Waals surface area contributed by atoms with Crippen LogP contribution in [-0.2, 0) is 6.54 Å². The Morgan fingerprint density at radius 3 is 2.63 bits per heavy atom. The summed E-state index contributed by atoms with van der Waals surface area (Å²) in [5, 5.41) is 0. The minimum Gasteiger partial charge on any atom is -0.493 e. The lowest BCUT2D eigenvalue weighted by atomic mass is 10.0. The molecule has 3 aliphatic rings. The Labute approximate surface area is 176 Å². The maximum absolute atomic E-state index is 13.0. The Hall–Kier alpha value is -2.99. The van der Waals surface area contributed by atoms with Crippen molar-refractivity contribution in [3.05, 3.63) is 52.8 Å². The van der Waals surface area contributed by atoms with Crippen molar-refractivity contribution in [3.8, 4) is 23.0 Å². The molecule has 6 heteroatoms. The van der Waals surface area contributed by atoms with Crippen LogP contribution in [0.2, 0.25) is 0 Å². The van der Waals surface area contributed by atoms with E-state index < -0.39 is 0 Å². The van der Waals surface area contributed by atoms with Gasteiger partial charge in [-0.05, 0) is 48.7 Å². The molecule has 6 nitrogen and oxygen atoms in total. The minimum absolute atomic E-state index is 0.111. The van der Waals surface area contributed by atoms with Crippen molar-refractivity contribution >= 4 is 11.9 Å². The lowest BCUT2D eigenvalue weighted by Crippen LogP contribution is -2.39. The summed E-state index contributed by atoms with van der Waals surface area (Å²) in [6.07, 6.45) is 6.70. The molecule has 5 rings (SSSR count). The number of ether oxygens (including phenoxy) is 4. The van der Waals surface area contributed by atoms with Gasteiger partial charge in [-0.2, -0.15) is 0 Å². The van der Waals surface area contributed by atoms with E-state index in [4.69, 9.17) is 18.9 Å². The highest BCUT2D eigenvalue weighted by atomic mass is 16.5. The lowest BCUT2D eigenvalue weighted by molar-refractivity contribution is 0.0567. The largest absolute Gasteiger partial charge is 0.493 e. The first kappa shape index (κ1) is 19.0. The summed E-state index contributed by atoms with van der Waals surface area (Å²) in [6, 6.07) is 9.75. The molecule has 0 radical (unpaired) electrons. The van der Waals surface area contributed by atoms with Crippen LogP contribution in [0.1, 0.15) is 47.2 Å². The van der Waals surface area contributed by atoms with Crippen LogP contribution >= 0.6 is 0 Å². The number of carbonyl (C=O) groups is 1. The fraction of sp³-hybridized carbons (Fsp3) is 0.375. The van der Waals surface area contributed by atoms with Crippen molar-refractivity contribution in [1.29, 1.82) is 0 Å². The van der Waals surface area contributed by atoms with Crippen LogP contribution in [0.3, 0.4) is 0 Å². The molecule has 0 atom stereocenters. The summed E-state index contributed by atoms with van der Waals surface area (Å²) in [6.45, 7) is 1.35. The number of methoxy groups -OCH3 is 2. The van der Waals surface area contributed by atoms with Gasteiger partial charge in [-0.15, -0.1) is 0 Å². The molecule has 0 aromatic heterocycles. The van der Waals surface area contributed by atoms with E-state index in [1.54, 1.807) is 26.4 Å². The maximum atomic E-state index is 13.0. The maximum Gasteiger partial charge on any atom is 0.231 e. The summed E-state index contributed by atoms with van der Waals surface area (Å²) >= 11 is 0. The Balaban J connectivity index is 1.45. The molecular formula is C24H25NO5. The summed E-state index contributed by atoms with van der Waals surface area (Å²) in [7, 11) is 3.18. The first-order valence-electron chi connectivity index (χ1n) is 10.4. The minimum atomic E-state index is -0.111. The fourth-order valence-corrected chi connectivity index (χ4v) is 4.57. The zero-order valence-electron chi connectivity index (χ0n) is 17.3. The zero-order chi connectivity index (χ0) is 20.7. The molecule has 1 fully saturated rings. The topological polar surface area (TPSA) is 57.2 Å². The van der Waals surface area contributed by atoms with Gasteiger partial charge < -0.3 is 18.9 Å². The SMILES string of the molecule is COc1ccc(/C=C2\Oc3c(ccc4c3CN(C3CCCC3)CO4)C2=O)cc1OC. The summed E-state index contributed by atoms with van der Waals surface area (Å²) in [5.41, 5.74) is 2.37. The Bertz CT molecular complexity index is 1020. The van der Waals surface area contributed by atoms with Gasteiger partial charge in [0.05, 0.1) is 25.3 Å². The number of allylic oxidation sites excluding steroid dienone is 1. The van der Waals surface area contributed by atoms with Gasteiger partial charge in [-0.3, -0.25) is 9.69 Å². The van der Waals surface area contributed by atoms with Gasteiger partial charge in [0.25, 0.3) is 0 Å². The fourth-order valence-electron chi connectivity index (χ4n) is 4.57. The number of benzene rings is 2. The van der Waals surface area contributed by atoms with E-state index in [-0.39, 0.29) is 5.78 Å². The third-order valence-corrected chi connectivity index (χ3v) is 6.19.